The molecule has 0 amide bonds. The molecule has 5 heteroatoms. The molecule has 1 aromatic rings. The van der Waals surface area contributed by atoms with Gasteiger partial charge in [-0.1, -0.05) is 13.8 Å². The Bertz CT molecular complexity index is 383. The topological polar surface area (TPSA) is 49.8 Å². The molecule has 0 aliphatic heterocycles. The summed E-state index contributed by atoms with van der Waals surface area (Å²) in [5.74, 6) is 2.59. The van der Waals surface area contributed by atoms with Gasteiger partial charge in [-0.2, -0.15) is 11.8 Å². The molecule has 108 valence electrons. The number of aromatic nitrogens is 2. The van der Waals surface area contributed by atoms with Gasteiger partial charge in [-0.3, -0.25) is 0 Å². The highest BCUT2D eigenvalue weighted by atomic mass is 32.2. The SMILES string of the molecule is CCNc1cc(NCC(CC)(CC)SC)nc(C)n1. The summed E-state index contributed by atoms with van der Waals surface area (Å²) in [6.45, 7) is 10.3. The van der Waals surface area contributed by atoms with Gasteiger partial charge in [0.25, 0.3) is 0 Å². The molecule has 4 nitrogen and oxygen atoms in total. The fraction of sp³-hybridized carbons (Fsp3) is 0.714. The number of rotatable bonds is 8. The van der Waals surface area contributed by atoms with Crippen LogP contribution < -0.4 is 10.6 Å². The van der Waals surface area contributed by atoms with E-state index >= 15 is 0 Å². The highest BCUT2D eigenvalue weighted by Gasteiger charge is 2.24. The molecule has 0 saturated carbocycles. The van der Waals surface area contributed by atoms with Crippen LogP contribution in [0.4, 0.5) is 11.6 Å². The van der Waals surface area contributed by atoms with Crippen molar-refractivity contribution in [2.24, 2.45) is 0 Å². The van der Waals surface area contributed by atoms with E-state index in [0.717, 1.165) is 43.4 Å². The van der Waals surface area contributed by atoms with Gasteiger partial charge in [0.2, 0.25) is 0 Å². The van der Waals surface area contributed by atoms with Crippen LogP contribution >= 0.6 is 11.8 Å². The summed E-state index contributed by atoms with van der Waals surface area (Å²) < 4.78 is 0.289. The molecule has 2 N–H and O–H groups in total. The fourth-order valence-electron chi connectivity index (χ4n) is 2.04. The zero-order valence-electron chi connectivity index (χ0n) is 12.7. The molecule has 0 fully saturated rings. The van der Waals surface area contributed by atoms with E-state index in [9.17, 15) is 0 Å². The average Bonchev–Trinajstić information content (AvgIpc) is 2.41. The molecule has 0 aromatic carbocycles. The Labute approximate surface area is 121 Å². The second-order valence-corrected chi connectivity index (χ2v) is 5.94. The van der Waals surface area contributed by atoms with Crippen LogP contribution in [0.25, 0.3) is 0 Å². The summed E-state index contributed by atoms with van der Waals surface area (Å²) in [4.78, 5) is 8.81. The highest BCUT2D eigenvalue weighted by Crippen LogP contribution is 2.30. The zero-order chi connectivity index (χ0) is 14.3. The standard InChI is InChI=1S/C14H26N4S/c1-6-14(7-2,19-5)10-16-13-9-12(15-8-3)17-11(4)18-13/h9H,6-8,10H2,1-5H3,(H2,15,16,17,18). The quantitative estimate of drug-likeness (QED) is 0.763. The molecule has 0 unspecified atom stereocenters. The van der Waals surface area contributed by atoms with E-state index in [1.807, 2.05) is 24.8 Å². The number of hydrogen-bond acceptors (Lipinski definition) is 5. The second-order valence-electron chi connectivity index (χ2n) is 4.66. The highest BCUT2D eigenvalue weighted by molar-refractivity contribution is 8.00. The van der Waals surface area contributed by atoms with Gasteiger partial charge in [0.15, 0.2) is 0 Å². The van der Waals surface area contributed by atoms with Crippen LogP contribution in [0.1, 0.15) is 39.4 Å². The maximum absolute atomic E-state index is 4.45. The summed E-state index contributed by atoms with van der Waals surface area (Å²) in [6, 6.07) is 1.98. The third-order valence-corrected chi connectivity index (χ3v) is 5.10. The van der Waals surface area contributed by atoms with E-state index in [0.29, 0.717) is 0 Å². The number of thioether (sulfide) groups is 1. The summed E-state index contributed by atoms with van der Waals surface area (Å²) in [5, 5.41) is 6.70. The third-order valence-electron chi connectivity index (χ3n) is 3.51. The van der Waals surface area contributed by atoms with Gasteiger partial charge in [-0.25, -0.2) is 9.97 Å². The van der Waals surface area contributed by atoms with Crippen molar-refractivity contribution in [2.75, 3.05) is 30.0 Å². The van der Waals surface area contributed by atoms with Gasteiger partial charge in [0.05, 0.1) is 0 Å². The van der Waals surface area contributed by atoms with Gasteiger partial charge in [0.1, 0.15) is 17.5 Å². The number of aryl methyl sites for hydroxylation is 1. The summed E-state index contributed by atoms with van der Waals surface area (Å²) in [6.07, 6.45) is 4.49. The summed E-state index contributed by atoms with van der Waals surface area (Å²) in [5.41, 5.74) is 0. The monoisotopic (exact) mass is 282 g/mol. The average molecular weight is 282 g/mol. The van der Waals surface area contributed by atoms with Crippen molar-refractivity contribution in [3.8, 4) is 0 Å². The molecule has 0 aliphatic rings. The van der Waals surface area contributed by atoms with Crippen LogP contribution in [0, 0.1) is 6.92 Å². The minimum Gasteiger partial charge on any atom is -0.370 e. The van der Waals surface area contributed by atoms with Crippen LogP contribution in [0.5, 0.6) is 0 Å². The van der Waals surface area contributed by atoms with Crippen molar-refractivity contribution >= 4 is 23.4 Å². The zero-order valence-corrected chi connectivity index (χ0v) is 13.5. The van der Waals surface area contributed by atoms with Crippen LogP contribution in [-0.4, -0.2) is 34.1 Å². The molecule has 1 heterocycles. The van der Waals surface area contributed by atoms with Gasteiger partial charge < -0.3 is 10.6 Å². The summed E-state index contributed by atoms with van der Waals surface area (Å²) >= 11 is 1.93. The molecule has 0 radical (unpaired) electrons. The Morgan fingerprint density at radius 3 is 2.16 bits per heavy atom. The van der Waals surface area contributed by atoms with E-state index < -0.39 is 0 Å². The Hall–Kier alpha value is -0.970. The third kappa shape index (κ3) is 4.56. The van der Waals surface area contributed by atoms with E-state index in [-0.39, 0.29) is 4.75 Å². The minimum absolute atomic E-state index is 0.289. The van der Waals surface area contributed by atoms with E-state index in [2.05, 4.69) is 47.6 Å². The van der Waals surface area contributed by atoms with Crippen molar-refractivity contribution in [3.63, 3.8) is 0 Å². The number of nitrogens with zero attached hydrogens (tertiary/aromatic N) is 2. The molecule has 0 spiro atoms. The molecule has 0 aliphatic carbocycles. The largest absolute Gasteiger partial charge is 0.370 e. The Morgan fingerprint density at radius 2 is 1.68 bits per heavy atom. The minimum atomic E-state index is 0.289. The number of hydrogen-bond donors (Lipinski definition) is 2. The lowest BCUT2D eigenvalue weighted by Crippen LogP contribution is -2.32. The lowest BCUT2D eigenvalue weighted by atomic mass is 10.0. The normalized spacial score (nSPS) is 11.4. The second kappa shape index (κ2) is 7.58. The van der Waals surface area contributed by atoms with Crippen molar-refractivity contribution in [2.45, 2.75) is 45.3 Å². The van der Waals surface area contributed by atoms with Gasteiger partial charge in [-0.15, -0.1) is 0 Å². The van der Waals surface area contributed by atoms with Gasteiger partial charge in [-0.05, 0) is 32.9 Å². The molecule has 0 saturated heterocycles. The van der Waals surface area contributed by atoms with Crippen molar-refractivity contribution in [1.29, 1.82) is 0 Å². The molecular weight excluding hydrogens is 256 g/mol. The van der Waals surface area contributed by atoms with E-state index in [4.69, 9.17) is 0 Å². The van der Waals surface area contributed by atoms with Crippen LogP contribution in [0.15, 0.2) is 6.07 Å². The Kier molecular flexibility index (Phi) is 6.42. The number of anilines is 2. The van der Waals surface area contributed by atoms with Crippen molar-refractivity contribution in [1.82, 2.24) is 9.97 Å². The number of nitrogens with one attached hydrogen (secondary N) is 2. The molecule has 1 aromatic heterocycles. The van der Waals surface area contributed by atoms with Crippen molar-refractivity contribution in [3.05, 3.63) is 11.9 Å². The van der Waals surface area contributed by atoms with Crippen molar-refractivity contribution < 1.29 is 0 Å². The first-order valence-corrected chi connectivity index (χ1v) is 8.20. The first kappa shape index (κ1) is 16.1. The van der Waals surface area contributed by atoms with Crippen LogP contribution in [0.2, 0.25) is 0 Å². The van der Waals surface area contributed by atoms with Gasteiger partial charge in [0, 0.05) is 23.9 Å². The maximum atomic E-state index is 4.45. The molecule has 0 atom stereocenters. The molecular formula is C14H26N4S. The first-order chi connectivity index (χ1) is 9.09. The summed E-state index contributed by atoms with van der Waals surface area (Å²) in [7, 11) is 0. The first-order valence-electron chi connectivity index (χ1n) is 6.97. The lowest BCUT2D eigenvalue weighted by molar-refractivity contribution is 0.574. The van der Waals surface area contributed by atoms with E-state index in [1.165, 1.54) is 0 Å². The molecule has 19 heavy (non-hydrogen) atoms. The van der Waals surface area contributed by atoms with Crippen LogP contribution in [0.3, 0.4) is 0 Å². The van der Waals surface area contributed by atoms with Gasteiger partial charge >= 0.3 is 0 Å². The maximum Gasteiger partial charge on any atom is 0.131 e. The fourth-order valence-corrected chi connectivity index (χ4v) is 2.84. The lowest BCUT2D eigenvalue weighted by Gasteiger charge is -2.30. The molecule has 0 bridgehead atoms. The van der Waals surface area contributed by atoms with E-state index in [1.54, 1.807) is 0 Å². The van der Waals surface area contributed by atoms with Crippen LogP contribution in [-0.2, 0) is 0 Å². The predicted octanol–water partition coefficient (Wildman–Crippen LogP) is 3.55. The Balaban J connectivity index is 2.76. The Morgan fingerprint density at radius 1 is 1.11 bits per heavy atom. The molecule has 1 rings (SSSR count). The smallest absolute Gasteiger partial charge is 0.131 e. The predicted molar refractivity (Wildman–Crippen MR) is 86.3 cm³/mol.